The first kappa shape index (κ1) is 63.7. The van der Waals surface area contributed by atoms with E-state index in [4.69, 9.17) is 46.3 Å². The molecule has 0 aliphatic rings. The molecule has 0 fully saturated rings. The zero-order chi connectivity index (χ0) is 49.3. The van der Waals surface area contributed by atoms with Gasteiger partial charge in [-0.15, -0.1) is 0 Å². The number of aliphatic hydroxyl groups is 1. The molecule has 0 aliphatic heterocycles. The molecule has 0 aromatic heterocycles. The summed E-state index contributed by atoms with van der Waals surface area (Å²) in [6.45, 7) is 4.94. The number of nitrogens with one attached hydrogen (secondary N) is 6. The number of amides is 5. The van der Waals surface area contributed by atoms with Crippen LogP contribution in [0.25, 0.3) is 0 Å². The van der Waals surface area contributed by atoms with Crippen LogP contribution in [0.2, 0.25) is 0 Å². The normalized spacial score (nSPS) is 12.1. The van der Waals surface area contributed by atoms with Gasteiger partial charge in [-0.2, -0.15) is 0 Å². The minimum atomic E-state index is -1.02. The summed E-state index contributed by atoms with van der Waals surface area (Å²) in [5, 5.41) is 25.1. The summed E-state index contributed by atoms with van der Waals surface area (Å²) in [6, 6.07) is -1.68. The molecular formula is C47H89N7O13. The van der Waals surface area contributed by atoms with E-state index in [-0.39, 0.29) is 109 Å². The molecule has 0 aromatic carbocycles. The molecular weight excluding hydrogens is 871 g/mol. The van der Waals surface area contributed by atoms with Gasteiger partial charge in [-0.05, 0) is 25.7 Å². The van der Waals surface area contributed by atoms with Crippen LogP contribution in [0.4, 0.5) is 0 Å². The van der Waals surface area contributed by atoms with Crippen molar-refractivity contribution < 1.29 is 62.3 Å². The smallest absolute Gasteiger partial charge is 0.246 e. The van der Waals surface area contributed by atoms with Gasteiger partial charge < -0.3 is 65.8 Å². The average Bonchev–Trinajstić information content (AvgIpc) is 3.31. The summed E-state index contributed by atoms with van der Waals surface area (Å²) in [6.07, 6.45) is 21.7. The quantitative estimate of drug-likeness (QED) is 0.0318. The SMILES string of the molecule is [CH]N[C@@H](CCCCNC(=O)COCCOCCNC(=O)COCCOCCNC(=O)COCCOCCNC(=O)CCCCCCCCCCCCCCCCC)C(=O)CN[C@@H](CO)C(N)=O. The van der Waals surface area contributed by atoms with E-state index in [1.54, 1.807) is 0 Å². The number of carbonyl (C=O) groups is 6. The Labute approximate surface area is 401 Å². The number of aliphatic hydroxyl groups excluding tert-OH is 1. The number of rotatable bonds is 52. The highest BCUT2D eigenvalue weighted by Gasteiger charge is 2.20. The molecule has 2 atom stereocenters. The second-order valence-electron chi connectivity index (χ2n) is 16.3. The van der Waals surface area contributed by atoms with Crippen LogP contribution in [-0.2, 0) is 57.2 Å². The standard InChI is InChI=1S/C47H89N7O13/c1-3-4-5-6-7-8-9-10-11-12-13-14-15-16-17-21-43(57)51-23-26-62-29-33-66-38-45(59)53-25-28-64-31-34-67-39-46(60)52-24-27-63-30-32-65-37-44(58)50-22-19-18-20-40(49-2)42(56)35-54-41(36-55)47(48)61/h2,40-41,49,54-55H,3-39H2,1H3,(H2,48,61)(H,50,58)(H,51,57)(H,52,60)(H,53,59)/t40-,41-/m0/s1. The highest BCUT2D eigenvalue weighted by atomic mass is 16.5. The fourth-order valence-corrected chi connectivity index (χ4v) is 6.48. The lowest BCUT2D eigenvalue weighted by Crippen LogP contribution is -2.48. The van der Waals surface area contributed by atoms with E-state index >= 15 is 0 Å². The average molecular weight is 960 g/mol. The summed E-state index contributed by atoms with van der Waals surface area (Å²) >= 11 is 0. The number of hydrogen-bond donors (Lipinski definition) is 8. The van der Waals surface area contributed by atoms with Crippen molar-refractivity contribution in [3.63, 3.8) is 0 Å². The molecule has 2 radical (unpaired) electrons. The fourth-order valence-electron chi connectivity index (χ4n) is 6.48. The highest BCUT2D eigenvalue weighted by molar-refractivity contribution is 5.87. The largest absolute Gasteiger partial charge is 0.394 e. The van der Waals surface area contributed by atoms with Crippen LogP contribution < -0.4 is 37.6 Å². The van der Waals surface area contributed by atoms with E-state index in [2.05, 4.69) is 38.8 Å². The molecule has 9 N–H and O–H groups in total. The monoisotopic (exact) mass is 960 g/mol. The van der Waals surface area contributed by atoms with Gasteiger partial charge in [0.25, 0.3) is 0 Å². The number of ketones is 1. The Bertz CT molecular complexity index is 1240. The lowest BCUT2D eigenvalue weighted by atomic mass is 10.0. The lowest BCUT2D eigenvalue weighted by Gasteiger charge is -2.17. The van der Waals surface area contributed by atoms with Gasteiger partial charge in [0.15, 0.2) is 5.78 Å². The van der Waals surface area contributed by atoms with Crippen molar-refractivity contribution in [3.8, 4) is 0 Å². The first-order chi connectivity index (χ1) is 32.6. The van der Waals surface area contributed by atoms with Gasteiger partial charge >= 0.3 is 0 Å². The number of hydrogen-bond acceptors (Lipinski definition) is 15. The van der Waals surface area contributed by atoms with Crippen LogP contribution in [-0.4, -0.2) is 171 Å². The predicted octanol–water partition coefficient (Wildman–Crippen LogP) is 1.61. The minimum Gasteiger partial charge on any atom is -0.394 e. The molecule has 0 aliphatic carbocycles. The van der Waals surface area contributed by atoms with Crippen molar-refractivity contribution in [2.45, 2.75) is 141 Å². The maximum absolute atomic E-state index is 12.3. The van der Waals surface area contributed by atoms with E-state index in [0.29, 0.717) is 58.5 Å². The molecule has 0 saturated heterocycles. The van der Waals surface area contributed by atoms with Crippen LogP contribution in [0.3, 0.4) is 0 Å². The summed E-state index contributed by atoms with van der Waals surface area (Å²) in [4.78, 5) is 71.3. The molecule has 20 nitrogen and oxygen atoms in total. The van der Waals surface area contributed by atoms with E-state index in [0.717, 1.165) is 12.8 Å². The number of ether oxygens (including phenoxy) is 6. The van der Waals surface area contributed by atoms with Crippen LogP contribution in [0, 0.1) is 7.05 Å². The second kappa shape index (κ2) is 49.1. The van der Waals surface area contributed by atoms with Gasteiger partial charge in [0.1, 0.15) is 25.9 Å². The van der Waals surface area contributed by atoms with Gasteiger partial charge in [0, 0.05) is 39.6 Å². The maximum Gasteiger partial charge on any atom is 0.246 e. The molecule has 67 heavy (non-hydrogen) atoms. The molecule has 0 aromatic rings. The lowest BCUT2D eigenvalue weighted by molar-refractivity contribution is -0.128. The fraction of sp³-hybridized carbons (Fsp3) is 0.851. The third kappa shape index (κ3) is 44.9. The van der Waals surface area contributed by atoms with Crippen LogP contribution in [0.5, 0.6) is 0 Å². The van der Waals surface area contributed by atoms with Gasteiger partial charge in [0.05, 0.1) is 78.7 Å². The topological polar surface area (TPSA) is 276 Å². The summed E-state index contributed by atoms with van der Waals surface area (Å²) in [5.41, 5.74) is 5.12. The molecule has 20 heteroatoms. The van der Waals surface area contributed by atoms with Crippen molar-refractivity contribution >= 4 is 35.3 Å². The minimum absolute atomic E-state index is 0.0557. The summed E-state index contributed by atoms with van der Waals surface area (Å²) in [5.74, 6) is -1.87. The number of Topliss-reactive ketones (excluding diaryl/α,β-unsaturated/α-hetero) is 1. The van der Waals surface area contributed by atoms with Gasteiger partial charge in [0.2, 0.25) is 29.5 Å². The number of nitrogens with two attached hydrogens (primary N) is 1. The molecule has 0 heterocycles. The Balaban J connectivity index is 3.47. The maximum atomic E-state index is 12.3. The first-order valence-corrected chi connectivity index (χ1v) is 24.8. The first-order valence-electron chi connectivity index (χ1n) is 24.8. The molecule has 5 amide bonds. The Morgan fingerprint density at radius 1 is 0.478 bits per heavy atom. The highest BCUT2D eigenvalue weighted by Crippen LogP contribution is 2.13. The van der Waals surface area contributed by atoms with Gasteiger partial charge in [-0.3, -0.25) is 34.1 Å². The number of primary amides is 1. The van der Waals surface area contributed by atoms with Crippen molar-refractivity contribution in [1.29, 1.82) is 0 Å². The summed E-state index contributed by atoms with van der Waals surface area (Å²) in [7, 11) is 5.46. The Morgan fingerprint density at radius 2 is 0.866 bits per heavy atom. The van der Waals surface area contributed by atoms with Crippen molar-refractivity contribution in [2.24, 2.45) is 5.73 Å². The molecule has 390 valence electrons. The van der Waals surface area contributed by atoms with Crippen molar-refractivity contribution in [3.05, 3.63) is 7.05 Å². The Kier molecular flexibility index (Phi) is 46.6. The van der Waals surface area contributed by atoms with E-state index in [9.17, 15) is 28.8 Å². The van der Waals surface area contributed by atoms with E-state index in [1.807, 2.05) is 0 Å². The third-order valence-corrected chi connectivity index (χ3v) is 10.4. The summed E-state index contributed by atoms with van der Waals surface area (Å²) < 4.78 is 32.2. The van der Waals surface area contributed by atoms with Gasteiger partial charge in [-0.25, -0.2) is 0 Å². The van der Waals surface area contributed by atoms with E-state index < -0.39 is 24.6 Å². The molecule has 0 spiro atoms. The van der Waals surface area contributed by atoms with E-state index in [1.165, 1.54) is 83.5 Å². The van der Waals surface area contributed by atoms with Gasteiger partial charge in [-0.1, -0.05) is 96.8 Å². The van der Waals surface area contributed by atoms with Crippen molar-refractivity contribution in [1.82, 2.24) is 31.9 Å². The van der Waals surface area contributed by atoms with Crippen molar-refractivity contribution in [2.75, 3.05) is 119 Å². The van der Waals surface area contributed by atoms with Crippen LogP contribution >= 0.6 is 0 Å². The molecule has 0 unspecified atom stereocenters. The Morgan fingerprint density at radius 3 is 1.27 bits per heavy atom. The van der Waals surface area contributed by atoms with Crippen LogP contribution in [0.1, 0.15) is 129 Å². The molecule has 0 bridgehead atoms. The second-order valence-corrected chi connectivity index (χ2v) is 16.3. The Hall–Kier alpha value is -3.34. The zero-order valence-electron chi connectivity index (χ0n) is 40.8. The predicted molar refractivity (Wildman–Crippen MR) is 255 cm³/mol. The number of unbranched alkanes of at least 4 members (excludes halogenated alkanes) is 15. The van der Waals surface area contributed by atoms with Crippen LogP contribution in [0.15, 0.2) is 0 Å². The third-order valence-electron chi connectivity index (χ3n) is 10.4. The number of carbonyl (C=O) groups excluding carboxylic acids is 6. The zero-order valence-corrected chi connectivity index (χ0v) is 40.8. The molecule has 0 saturated carbocycles. The molecule has 0 rings (SSSR count).